The van der Waals surface area contributed by atoms with Gasteiger partial charge in [-0.05, 0) is 59.2 Å². The topological polar surface area (TPSA) is 9.23 Å². The zero-order valence-corrected chi connectivity index (χ0v) is 11.6. The van der Waals surface area contributed by atoms with Gasteiger partial charge in [-0.15, -0.1) is 13.2 Å². The first kappa shape index (κ1) is 14.0. The minimum atomic E-state index is -4.64. The van der Waals surface area contributed by atoms with Crippen molar-refractivity contribution in [3.05, 3.63) is 53.1 Å². The molecule has 0 unspecified atom stereocenters. The molecule has 21 heavy (non-hydrogen) atoms. The predicted octanol–water partition coefficient (Wildman–Crippen LogP) is 4.91. The Morgan fingerprint density at radius 3 is 2.19 bits per heavy atom. The number of rotatable bonds is 2. The summed E-state index contributed by atoms with van der Waals surface area (Å²) >= 11 is 0. The Labute approximate surface area is 121 Å². The lowest BCUT2D eigenvalue weighted by Crippen LogP contribution is -2.17. The molecule has 0 radical (unpaired) electrons. The Bertz CT molecular complexity index is 674. The van der Waals surface area contributed by atoms with Crippen LogP contribution < -0.4 is 4.74 Å². The molecule has 0 fully saturated rings. The Morgan fingerprint density at radius 2 is 1.57 bits per heavy atom. The monoisotopic (exact) mass is 292 g/mol. The Hall–Kier alpha value is -1.97. The lowest BCUT2D eigenvalue weighted by molar-refractivity contribution is -0.274. The van der Waals surface area contributed by atoms with E-state index >= 15 is 0 Å². The van der Waals surface area contributed by atoms with Crippen LogP contribution in [0.5, 0.6) is 5.75 Å². The summed E-state index contributed by atoms with van der Waals surface area (Å²) in [7, 11) is 0. The van der Waals surface area contributed by atoms with Gasteiger partial charge in [0.1, 0.15) is 5.75 Å². The van der Waals surface area contributed by atoms with Crippen LogP contribution in [0.15, 0.2) is 36.4 Å². The Morgan fingerprint density at radius 1 is 0.952 bits per heavy atom. The van der Waals surface area contributed by atoms with Crippen molar-refractivity contribution in [2.45, 2.75) is 32.5 Å². The second-order valence-electron chi connectivity index (χ2n) is 5.21. The molecule has 2 aromatic rings. The number of aryl methyl sites for hydroxylation is 3. The molecule has 0 aliphatic heterocycles. The van der Waals surface area contributed by atoms with Gasteiger partial charge in [0.2, 0.25) is 0 Å². The van der Waals surface area contributed by atoms with Gasteiger partial charge in [0, 0.05) is 0 Å². The molecule has 0 heterocycles. The largest absolute Gasteiger partial charge is 0.573 e. The fourth-order valence-corrected chi connectivity index (χ4v) is 2.84. The second kappa shape index (κ2) is 5.10. The van der Waals surface area contributed by atoms with Gasteiger partial charge in [-0.2, -0.15) is 0 Å². The van der Waals surface area contributed by atoms with Crippen LogP contribution >= 0.6 is 0 Å². The summed E-state index contributed by atoms with van der Waals surface area (Å²) in [5.41, 5.74) is 5.59. The van der Waals surface area contributed by atoms with Gasteiger partial charge in [0.05, 0.1) is 0 Å². The third kappa shape index (κ3) is 2.89. The third-order valence-electron chi connectivity index (χ3n) is 3.84. The lowest BCUT2D eigenvalue weighted by Gasteiger charge is -2.21. The number of halogens is 3. The first-order valence-corrected chi connectivity index (χ1v) is 6.97. The smallest absolute Gasteiger partial charge is 0.406 e. The lowest BCUT2D eigenvalue weighted by atomic mass is 9.84. The molecule has 0 aromatic heterocycles. The van der Waals surface area contributed by atoms with Gasteiger partial charge in [-0.1, -0.05) is 31.2 Å². The molecule has 1 aliphatic carbocycles. The summed E-state index contributed by atoms with van der Waals surface area (Å²) in [4.78, 5) is 0. The van der Waals surface area contributed by atoms with Crippen molar-refractivity contribution in [1.29, 1.82) is 0 Å². The van der Waals surface area contributed by atoms with E-state index in [0.29, 0.717) is 0 Å². The fourth-order valence-electron chi connectivity index (χ4n) is 2.84. The summed E-state index contributed by atoms with van der Waals surface area (Å²) in [5, 5.41) is 0. The molecule has 0 atom stereocenters. The number of alkyl halides is 3. The highest BCUT2D eigenvalue weighted by atomic mass is 19.4. The molecule has 110 valence electrons. The zero-order chi connectivity index (χ0) is 15.0. The van der Waals surface area contributed by atoms with Crippen molar-refractivity contribution in [3.8, 4) is 16.9 Å². The van der Waals surface area contributed by atoms with Crippen molar-refractivity contribution in [2.75, 3.05) is 0 Å². The summed E-state index contributed by atoms with van der Waals surface area (Å²) in [5.74, 6) is -0.144. The predicted molar refractivity (Wildman–Crippen MR) is 75.3 cm³/mol. The molecule has 0 bridgehead atoms. The molecule has 1 aliphatic rings. The SMILES string of the molecule is CCc1ccc2c(c1)CCc1cc(OC(F)(F)F)ccc1-2. The van der Waals surface area contributed by atoms with E-state index in [1.807, 2.05) is 0 Å². The first-order chi connectivity index (χ1) is 9.96. The van der Waals surface area contributed by atoms with Gasteiger partial charge in [-0.25, -0.2) is 0 Å². The van der Waals surface area contributed by atoms with Crippen LogP contribution in [0.4, 0.5) is 13.2 Å². The van der Waals surface area contributed by atoms with Crippen LogP contribution in [0.2, 0.25) is 0 Å². The summed E-state index contributed by atoms with van der Waals surface area (Å²) < 4.78 is 40.8. The third-order valence-corrected chi connectivity index (χ3v) is 3.84. The van der Waals surface area contributed by atoms with Crippen LogP contribution in [-0.2, 0) is 19.3 Å². The minimum Gasteiger partial charge on any atom is -0.406 e. The van der Waals surface area contributed by atoms with Crippen LogP contribution in [0, 0.1) is 0 Å². The van der Waals surface area contributed by atoms with Crippen LogP contribution in [0.1, 0.15) is 23.6 Å². The molecular weight excluding hydrogens is 277 g/mol. The van der Waals surface area contributed by atoms with Gasteiger partial charge in [-0.3, -0.25) is 0 Å². The maximum atomic E-state index is 12.3. The molecule has 0 N–H and O–H groups in total. The summed E-state index contributed by atoms with van der Waals surface area (Å²) in [6, 6.07) is 10.9. The maximum Gasteiger partial charge on any atom is 0.573 e. The van der Waals surface area contributed by atoms with E-state index in [-0.39, 0.29) is 5.75 Å². The normalized spacial score (nSPS) is 13.5. The molecular formula is C17H15F3O. The van der Waals surface area contributed by atoms with Gasteiger partial charge in [0.15, 0.2) is 0 Å². The highest BCUT2D eigenvalue weighted by Gasteiger charge is 2.31. The zero-order valence-electron chi connectivity index (χ0n) is 11.6. The molecule has 0 spiro atoms. The number of benzene rings is 2. The van der Waals surface area contributed by atoms with Gasteiger partial charge >= 0.3 is 6.36 Å². The van der Waals surface area contributed by atoms with E-state index in [2.05, 4.69) is 29.9 Å². The van der Waals surface area contributed by atoms with Gasteiger partial charge < -0.3 is 4.74 Å². The van der Waals surface area contributed by atoms with E-state index in [1.54, 1.807) is 6.07 Å². The average molecular weight is 292 g/mol. The molecule has 0 saturated carbocycles. The highest BCUT2D eigenvalue weighted by molar-refractivity contribution is 5.74. The van der Waals surface area contributed by atoms with E-state index in [4.69, 9.17) is 0 Å². The van der Waals surface area contributed by atoms with Crippen LogP contribution in [0.25, 0.3) is 11.1 Å². The van der Waals surface area contributed by atoms with Crippen LogP contribution in [-0.4, -0.2) is 6.36 Å². The summed E-state index contributed by atoms with van der Waals surface area (Å²) in [6.07, 6.45) is -2.06. The van der Waals surface area contributed by atoms with Crippen molar-refractivity contribution >= 4 is 0 Å². The molecule has 0 amide bonds. The van der Waals surface area contributed by atoms with Gasteiger partial charge in [0.25, 0.3) is 0 Å². The quantitative estimate of drug-likeness (QED) is 0.764. The van der Waals surface area contributed by atoms with Crippen LogP contribution in [0.3, 0.4) is 0 Å². The van der Waals surface area contributed by atoms with Crippen molar-refractivity contribution in [3.63, 3.8) is 0 Å². The maximum absolute atomic E-state index is 12.3. The Balaban J connectivity index is 1.98. The first-order valence-electron chi connectivity index (χ1n) is 6.97. The molecule has 3 rings (SSSR count). The molecule has 2 aromatic carbocycles. The van der Waals surface area contributed by atoms with E-state index in [1.165, 1.54) is 23.3 Å². The average Bonchev–Trinajstić information content (AvgIpc) is 2.44. The summed E-state index contributed by atoms with van der Waals surface area (Å²) in [6.45, 7) is 2.11. The number of hydrogen-bond donors (Lipinski definition) is 0. The van der Waals surface area contributed by atoms with E-state index in [0.717, 1.165) is 36.0 Å². The number of ether oxygens (including phenoxy) is 1. The molecule has 4 heteroatoms. The van der Waals surface area contributed by atoms with Crippen molar-refractivity contribution in [1.82, 2.24) is 0 Å². The van der Waals surface area contributed by atoms with Crippen molar-refractivity contribution < 1.29 is 17.9 Å². The minimum absolute atomic E-state index is 0.144. The fraction of sp³-hybridized carbons (Fsp3) is 0.294. The molecule has 1 nitrogen and oxygen atoms in total. The standard InChI is InChI=1S/C17H15F3O/c1-2-11-3-7-15-12(9-11)4-5-13-10-14(6-8-16(13)15)21-17(18,19)20/h3,6-10H,2,4-5H2,1H3. The van der Waals surface area contributed by atoms with Crippen molar-refractivity contribution in [2.24, 2.45) is 0 Å². The highest BCUT2D eigenvalue weighted by Crippen LogP contribution is 2.36. The van der Waals surface area contributed by atoms with E-state index < -0.39 is 6.36 Å². The number of fused-ring (bicyclic) bond motifs is 3. The second-order valence-corrected chi connectivity index (χ2v) is 5.21. The van der Waals surface area contributed by atoms with E-state index in [9.17, 15) is 13.2 Å². The molecule has 0 saturated heterocycles. The Kier molecular flexibility index (Phi) is 3.40. The number of hydrogen-bond acceptors (Lipinski definition) is 1.